The molecule has 2 heterocycles. The first-order valence-electron chi connectivity index (χ1n) is 7.67. The number of hydrogen-bond donors (Lipinski definition) is 3. The van der Waals surface area contributed by atoms with Crippen LogP contribution in [0.25, 0.3) is 0 Å². The highest BCUT2D eigenvalue weighted by Crippen LogP contribution is 2.30. The van der Waals surface area contributed by atoms with Gasteiger partial charge in [-0.15, -0.1) is 0 Å². The lowest BCUT2D eigenvalue weighted by Crippen LogP contribution is -2.55. The van der Waals surface area contributed by atoms with Gasteiger partial charge in [-0.05, 0) is 43.2 Å². The highest BCUT2D eigenvalue weighted by Gasteiger charge is 2.41. The average molecular weight is 365 g/mol. The van der Waals surface area contributed by atoms with Crippen molar-refractivity contribution in [3.8, 4) is 5.75 Å². The van der Waals surface area contributed by atoms with Crippen molar-refractivity contribution < 1.29 is 22.7 Å². The summed E-state index contributed by atoms with van der Waals surface area (Å²) in [5, 5.41) is 12.5. The standard InChI is InChI=1S/C16H19N3O5S/c1-10-5-6-14(20)11(8-10)17-16(21)13-9-12(15-4-3-7-24-15)18-25(22,23)19(13)2/h3-8,12-13,18,20H,9H2,1-2H3,(H,17,21)/t12-,13+/m0/s1. The number of rotatable bonds is 3. The van der Waals surface area contributed by atoms with Gasteiger partial charge < -0.3 is 14.8 Å². The summed E-state index contributed by atoms with van der Waals surface area (Å²) in [7, 11) is -2.51. The van der Waals surface area contributed by atoms with Gasteiger partial charge in [-0.3, -0.25) is 4.79 Å². The van der Waals surface area contributed by atoms with E-state index < -0.39 is 28.2 Å². The molecule has 9 heteroatoms. The minimum Gasteiger partial charge on any atom is -0.506 e. The molecule has 0 unspecified atom stereocenters. The number of benzene rings is 1. The van der Waals surface area contributed by atoms with Crippen LogP contribution in [0, 0.1) is 6.92 Å². The monoisotopic (exact) mass is 365 g/mol. The van der Waals surface area contributed by atoms with Crippen molar-refractivity contribution in [1.82, 2.24) is 9.03 Å². The van der Waals surface area contributed by atoms with Crippen LogP contribution in [0.4, 0.5) is 5.69 Å². The summed E-state index contributed by atoms with van der Waals surface area (Å²) in [6.07, 6.45) is 1.64. The molecule has 3 rings (SSSR count). The molecule has 0 radical (unpaired) electrons. The number of aromatic hydroxyl groups is 1. The second kappa shape index (κ2) is 6.51. The van der Waals surface area contributed by atoms with Gasteiger partial charge in [-0.25, -0.2) is 0 Å². The van der Waals surface area contributed by atoms with Crippen LogP contribution in [0.5, 0.6) is 5.75 Å². The number of nitrogens with zero attached hydrogens (tertiary/aromatic N) is 1. The predicted octanol–water partition coefficient (Wildman–Crippen LogP) is 1.51. The fraction of sp³-hybridized carbons (Fsp3) is 0.312. The molecule has 1 amide bonds. The van der Waals surface area contributed by atoms with Gasteiger partial charge in [0.25, 0.3) is 10.2 Å². The zero-order valence-electron chi connectivity index (χ0n) is 13.8. The molecule has 1 aromatic carbocycles. The first-order valence-corrected chi connectivity index (χ1v) is 9.11. The normalized spacial score (nSPS) is 23.3. The van der Waals surface area contributed by atoms with Crippen LogP contribution in [0.15, 0.2) is 41.0 Å². The Morgan fingerprint density at radius 2 is 2.16 bits per heavy atom. The molecule has 8 nitrogen and oxygen atoms in total. The summed E-state index contributed by atoms with van der Waals surface area (Å²) < 4.78 is 33.4. The van der Waals surface area contributed by atoms with E-state index in [2.05, 4.69) is 10.0 Å². The second-order valence-corrected chi connectivity index (χ2v) is 7.73. The molecule has 0 aliphatic carbocycles. The number of anilines is 1. The van der Waals surface area contributed by atoms with Crippen LogP contribution < -0.4 is 10.0 Å². The van der Waals surface area contributed by atoms with Crippen molar-refractivity contribution in [1.29, 1.82) is 0 Å². The summed E-state index contributed by atoms with van der Waals surface area (Å²) in [5.41, 5.74) is 1.09. The Hall–Kier alpha value is -2.36. The fourth-order valence-corrected chi connectivity index (χ4v) is 4.01. The van der Waals surface area contributed by atoms with Crippen LogP contribution in [0.1, 0.15) is 23.8 Å². The maximum Gasteiger partial charge on any atom is 0.280 e. The maximum atomic E-state index is 12.7. The van der Waals surface area contributed by atoms with Crippen molar-refractivity contribution >= 4 is 21.8 Å². The number of likely N-dealkylation sites (N-methyl/N-ethyl adjacent to an activating group) is 1. The Balaban J connectivity index is 1.85. The number of phenols is 1. The van der Waals surface area contributed by atoms with Crippen molar-refractivity contribution in [3.05, 3.63) is 47.9 Å². The summed E-state index contributed by atoms with van der Waals surface area (Å²) in [5.74, 6) is -0.168. The van der Waals surface area contributed by atoms with Gasteiger partial charge in [-0.1, -0.05) is 6.07 Å². The molecule has 2 aromatic rings. The molecule has 1 aliphatic heterocycles. The Kier molecular flexibility index (Phi) is 4.55. The minimum atomic E-state index is -3.84. The third-order valence-corrected chi connectivity index (χ3v) is 5.76. The molecule has 0 spiro atoms. The maximum absolute atomic E-state index is 12.7. The molecule has 134 valence electrons. The Morgan fingerprint density at radius 1 is 1.40 bits per heavy atom. The van der Waals surface area contributed by atoms with Crippen LogP contribution in [0.3, 0.4) is 0 Å². The Bertz CT molecular complexity index is 879. The third kappa shape index (κ3) is 3.53. The van der Waals surface area contributed by atoms with E-state index >= 15 is 0 Å². The van der Waals surface area contributed by atoms with E-state index in [4.69, 9.17) is 4.42 Å². The lowest BCUT2D eigenvalue weighted by molar-refractivity contribution is -0.120. The van der Waals surface area contributed by atoms with Gasteiger partial charge in [-0.2, -0.15) is 17.4 Å². The van der Waals surface area contributed by atoms with Gasteiger partial charge in [0.15, 0.2) is 0 Å². The lowest BCUT2D eigenvalue weighted by atomic mass is 10.0. The van der Waals surface area contributed by atoms with E-state index in [0.29, 0.717) is 5.76 Å². The third-order valence-electron chi connectivity index (χ3n) is 4.17. The molecular weight excluding hydrogens is 346 g/mol. The summed E-state index contributed by atoms with van der Waals surface area (Å²) >= 11 is 0. The largest absolute Gasteiger partial charge is 0.506 e. The lowest BCUT2D eigenvalue weighted by Gasteiger charge is -2.35. The molecule has 0 saturated carbocycles. The molecule has 3 N–H and O–H groups in total. The van der Waals surface area contributed by atoms with Crippen molar-refractivity contribution in [2.75, 3.05) is 12.4 Å². The molecule has 25 heavy (non-hydrogen) atoms. The SMILES string of the molecule is Cc1ccc(O)c(NC(=O)[C@H]2C[C@@H](c3ccco3)NS(=O)(=O)N2C)c1. The summed E-state index contributed by atoms with van der Waals surface area (Å²) in [6, 6.07) is 6.52. The molecule has 1 aromatic heterocycles. The molecule has 1 saturated heterocycles. The number of aryl methyl sites for hydroxylation is 1. The van der Waals surface area contributed by atoms with E-state index in [-0.39, 0.29) is 17.9 Å². The van der Waals surface area contributed by atoms with E-state index in [9.17, 15) is 18.3 Å². The molecule has 1 aliphatic rings. The number of phenolic OH excluding ortho intramolecular Hbond substituents is 1. The van der Waals surface area contributed by atoms with Crippen molar-refractivity contribution in [2.24, 2.45) is 0 Å². The van der Waals surface area contributed by atoms with Crippen LogP contribution in [-0.4, -0.2) is 36.8 Å². The van der Waals surface area contributed by atoms with Gasteiger partial charge in [0.2, 0.25) is 5.91 Å². The van der Waals surface area contributed by atoms with E-state index in [1.54, 1.807) is 24.3 Å². The highest BCUT2D eigenvalue weighted by atomic mass is 32.2. The minimum absolute atomic E-state index is 0.0824. The first-order chi connectivity index (χ1) is 11.8. The molecule has 2 atom stereocenters. The van der Waals surface area contributed by atoms with E-state index in [1.165, 1.54) is 19.4 Å². The molecule has 0 bridgehead atoms. The number of hydrogen-bond acceptors (Lipinski definition) is 5. The second-order valence-electron chi connectivity index (χ2n) is 5.97. The van der Waals surface area contributed by atoms with Gasteiger partial charge >= 0.3 is 0 Å². The van der Waals surface area contributed by atoms with E-state index in [0.717, 1.165) is 9.87 Å². The number of carbonyl (C=O) groups is 1. The fourth-order valence-electron chi connectivity index (χ4n) is 2.75. The number of furan rings is 1. The summed E-state index contributed by atoms with van der Waals surface area (Å²) in [4.78, 5) is 12.7. The zero-order chi connectivity index (χ0) is 18.2. The van der Waals surface area contributed by atoms with Crippen LogP contribution in [0.2, 0.25) is 0 Å². The Labute approximate surface area is 145 Å². The zero-order valence-corrected chi connectivity index (χ0v) is 14.6. The predicted molar refractivity (Wildman–Crippen MR) is 91.1 cm³/mol. The topological polar surface area (TPSA) is 112 Å². The molecule has 1 fully saturated rings. The van der Waals surface area contributed by atoms with Gasteiger partial charge in [0.1, 0.15) is 17.6 Å². The van der Waals surface area contributed by atoms with Crippen LogP contribution >= 0.6 is 0 Å². The molecular formula is C16H19N3O5S. The van der Waals surface area contributed by atoms with Gasteiger partial charge in [0.05, 0.1) is 18.0 Å². The van der Waals surface area contributed by atoms with Gasteiger partial charge in [0, 0.05) is 7.05 Å². The van der Waals surface area contributed by atoms with Crippen molar-refractivity contribution in [3.63, 3.8) is 0 Å². The first kappa shape index (κ1) is 17.5. The van der Waals surface area contributed by atoms with E-state index in [1.807, 2.05) is 6.92 Å². The van der Waals surface area contributed by atoms with Crippen LogP contribution in [-0.2, 0) is 15.0 Å². The summed E-state index contributed by atoms with van der Waals surface area (Å²) in [6.45, 7) is 1.82. The Morgan fingerprint density at radius 3 is 2.84 bits per heavy atom. The smallest absolute Gasteiger partial charge is 0.280 e. The number of amides is 1. The van der Waals surface area contributed by atoms with Crippen molar-refractivity contribution in [2.45, 2.75) is 25.4 Å². The number of nitrogens with one attached hydrogen (secondary N) is 2. The average Bonchev–Trinajstić information content (AvgIpc) is 3.07. The highest BCUT2D eigenvalue weighted by molar-refractivity contribution is 7.87. The quantitative estimate of drug-likeness (QED) is 0.714. The number of carbonyl (C=O) groups excluding carboxylic acids is 1.